The first kappa shape index (κ1) is 7.73. The van der Waals surface area contributed by atoms with Crippen LogP contribution in [0.25, 0.3) is 17.1 Å². The van der Waals surface area contributed by atoms with Gasteiger partial charge in [-0.15, -0.1) is 0 Å². The zero-order valence-electron chi connectivity index (χ0n) is 6.90. The Morgan fingerprint density at radius 2 is 2.31 bits per heavy atom. The summed E-state index contributed by atoms with van der Waals surface area (Å²) in [4.78, 5) is 17.3. The molecule has 0 aromatic carbocycles. The molecular formula is C10H8N2O. The van der Waals surface area contributed by atoms with Gasteiger partial charge in [0.05, 0.1) is 0 Å². The Balaban J connectivity index is 2.60. The third-order valence-electron chi connectivity index (χ3n) is 1.85. The van der Waals surface area contributed by atoms with Crippen LogP contribution in [0.2, 0.25) is 0 Å². The molecule has 0 aliphatic heterocycles. The maximum Gasteiger partial charge on any atom is 0.142 e. The Labute approximate surface area is 75.1 Å². The summed E-state index contributed by atoms with van der Waals surface area (Å²) in [6.07, 6.45) is 7.55. The van der Waals surface area contributed by atoms with Gasteiger partial charge in [0.2, 0.25) is 0 Å². The number of hydrogen-bond acceptors (Lipinski definition) is 2. The summed E-state index contributed by atoms with van der Waals surface area (Å²) in [5.41, 5.74) is 1.84. The van der Waals surface area contributed by atoms with E-state index >= 15 is 0 Å². The Bertz CT molecular complexity index is 457. The van der Waals surface area contributed by atoms with Gasteiger partial charge in [-0.25, -0.2) is 4.98 Å². The summed E-state index contributed by atoms with van der Waals surface area (Å²) in [5, 5.41) is 1.03. The molecular weight excluding hydrogens is 164 g/mol. The summed E-state index contributed by atoms with van der Waals surface area (Å²) in [6, 6.07) is 3.81. The lowest BCUT2D eigenvalue weighted by atomic mass is 10.2. The number of fused-ring (bicyclic) bond motifs is 1. The standard InChI is InChI=1S/C10H8N2O/c13-7-1-2-8-3-5-11-10-9(8)4-6-12-10/h1-7H,(H,11,12). The van der Waals surface area contributed by atoms with Crippen LogP contribution in [-0.2, 0) is 4.79 Å². The van der Waals surface area contributed by atoms with Gasteiger partial charge in [0.1, 0.15) is 11.9 Å². The lowest BCUT2D eigenvalue weighted by Crippen LogP contribution is -1.78. The van der Waals surface area contributed by atoms with Crippen LogP contribution in [0.5, 0.6) is 0 Å². The Morgan fingerprint density at radius 3 is 3.15 bits per heavy atom. The zero-order valence-corrected chi connectivity index (χ0v) is 6.90. The molecule has 2 aromatic heterocycles. The molecule has 1 N–H and O–H groups in total. The molecule has 0 bridgehead atoms. The van der Waals surface area contributed by atoms with Crippen LogP contribution >= 0.6 is 0 Å². The highest BCUT2D eigenvalue weighted by Crippen LogP contribution is 2.15. The van der Waals surface area contributed by atoms with Crippen molar-refractivity contribution in [1.29, 1.82) is 0 Å². The minimum atomic E-state index is 0.763. The molecule has 0 saturated carbocycles. The second-order valence-corrected chi connectivity index (χ2v) is 2.64. The lowest BCUT2D eigenvalue weighted by molar-refractivity contribution is -0.104. The predicted molar refractivity (Wildman–Crippen MR) is 51.2 cm³/mol. The van der Waals surface area contributed by atoms with Crippen LogP contribution in [0.15, 0.2) is 30.6 Å². The topological polar surface area (TPSA) is 45.8 Å². The molecule has 0 unspecified atom stereocenters. The summed E-state index contributed by atoms with van der Waals surface area (Å²) in [5.74, 6) is 0. The molecule has 0 saturated heterocycles. The minimum absolute atomic E-state index is 0.763. The second-order valence-electron chi connectivity index (χ2n) is 2.64. The van der Waals surface area contributed by atoms with Gasteiger partial charge in [-0.3, -0.25) is 4.79 Å². The van der Waals surface area contributed by atoms with Crippen molar-refractivity contribution in [2.75, 3.05) is 0 Å². The van der Waals surface area contributed by atoms with Gasteiger partial charge in [-0.1, -0.05) is 6.08 Å². The Hall–Kier alpha value is -1.90. The van der Waals surface area contributed by atoms with Gasteiger partial charge in [0.25, 0.3) is 0 Å². The van der Waals surface area contributed by atoms with Crippen molar-refractivity contribution in [2.45, 2.75) is 0 Å². The fourth-order valence-corrected chi connectivity index (χ4v) is 1.27. The van der Waals surface area contributed by atoms with Gasteiger partial charge in [0.15, 0.2) is 0 Å². The van der Waals surface area contributed by atoms with Crippen molar-refractivity contribution in [3.05, 3.63) is 36.2 Å². The molecule has 0 atom stereocenters. The normalized spacial score (nSPS) is 11.1. The lowest BCUT2D eigenvalue weighted by Gasteiger charge is -1.93. The number of nitrogens with one attached hydrogen (secondary N) is 1. The second kappa shape index (κ2) is 3.23. The predicted octanol–water partition coefficient (Wildman–Crippen LogP) is 1.77. The molecule has 64 valence electrons. The molecule has 2 aromatic rings. The molecule has 2 heterocycles. The number of carbonyl (C=O) groups excluding carboxylic acids is 1. The molecule has 0 spiro atoms. The smallest absolute Gasteiger partial charge is 0.142 e. The van der Waals surface area contributed by atoms with Crippen molar-refractivity contribution in [1.82, 2.24) is 9.97 Å². The Kier molecular flexibility index (Phi) is 1.92. The van der Waals surface area contributed by atoms with Crippen molar-refractivity contribution in [3.8, 4) is 0 Å². The number of nitrogens with zero attached hydrogens (tertiary/aromatic N) is 1. The van der Waals surface area contributed by atoms with Crippen LogP contribution in [0.3, 0.4) is 0 Å². The number of hydrogen-bond donors (Lipinski definition) is 1. The molecule has 3 heteroatoms. The number of aromatic nitrogens is 2. The highest BCUT2D eigenvalue weighted by Gasteiger charge is 1.97. The fraction of sp³-hybridized carbons (Fsp3) is 0. The molecule has 0 aliphatic rings. The quantitative estimate of drug-likeness (QED) is 0.554. The third kappa shape index (κ3) is 1.36. The first-order valence-electron chi connectivity index (χ1n) is 3.96. The highest BCUT2D eigenvalue weighted by atomic mass is 16.1. The number of aromatic amines is 1. The first-order chi connectivity index (χ1) is 6.42. The average Bonchev–Trinajstić information content (AvgIpc) is 2.62. The molecule has 0 aliphatic carbocycles. The molecule has 13 heavy (non-hydrogen) atoms. The van der Waals surface area contributed by atoms with Crippen LogP contribution in [0.1, 0.15) is 5.56 Å². The number of allylic oxidation sites excluding steroid dienone is 1. The summed E-state index contributed by atoms with van der Waals surface area (Å²) in [6.45, 7) is 0. The number of rotatable bonds is 2. The number of pyridine rings is 1. The van der Waals surface area contributed by atoms with E-state index < -0.39 is 0 Å². The number of aldehydes is 1. The third-order valence-corrected chi connectivity index (χ3v) is 1.85. The van der Waals surface area contributed by atoms with Gasteiger partial charge >= 0.3 is 0 Å². The SMILES string of the molecule is O=CC=Cc1ccnc2[nH]ccc12. The molecule has 0 radical (unpaired) electrons. The monoisotopic (exact) mass is 172 g/mol. The fourth-order valence-electron chi connectivity index (χ4n) is 1.27. The Morgan fingerprint density at radius 1 is 1.38 bits per heavy atom. The van der Waals surface area contributed by atoms with E-state index in [2.05, 4.69) is 9.97 Å². The van der Waals surface area contributed by atoms with E-state index in [0.29, 0.717) is 0 Å². The maximum atomic E-state index is 10.1. The molecule has 2 rings (SSSR count). The first-order valence-corrected chi connectivity index (χ1v) is 3.96. The van der Waals surface area contributed by atoms with Crippen molar-refractivity contribution >= 4 is 23.4 Å². The highest BCUT2D eigenvalue weighted by molar-refractivity contribution is 5.88. The van der Waals surface area contributed by atoms with E-state index in [9.17, 15) is 4.79 Å². The zero-order chi connectivity index (χ0) is 9.10. The molecule has 0 fully saturated rings. The molecule has 3 nitrogen and oxygen atoms in total. The van der Waals surface area contributed by atoms with Crippen LogP contribution < -0.4 is 0 Å². The van der Waals surface area contributed by atoms with Crippen molar-refractivity contribution < 1.29 is 4.79 Å². The van der Waals surface area contributed by atoms with E-state index in [1.807, 2.05) is 18.3 Å². The van der Waals surface area contributed by atoms with Crippen LogP contribution in [0.4, 0.5) is 0 Å². The summed E-state index contributed by atoms with van der Waals surface area (Å²) < 4.78 is 0. The van der Waals surface area contributed by atoms with Gasteiger partial charge in [-0.2, -0.15) is 0 Å². The van der Waals surface area contributed by atoms with Gasteiger partial charge < -0.3 is 4.98 Å². The van der Waals surface area contributed by atoms with E-state index in [1.54, 1.807) is 12.3 Å². The molecule has 0 amide bonds. The van der Waals surface area contributed by atoms with E-state index in [4.69, 9.17) is 0 Å². The minimum Gasteiger partial charge on any atom is -0.346 e. The van der Waals surface area contributed by atoms with Gasteiger partial charge in [-0.05, 0) is 23.8 Å². The summed E-state index contributed by atoms with van der Waals surface area (Å²) >= 11 is 0. The largest absolute Gasteiger partial charge is 0.346 e. The maximum absolute atomic E-state index is 10.1. The van der Waals surface area contributed by atoms with E-state index in [0.717, 1.165) is 22.9 Å². The average molecular weight is 172 g/mol. The van der Waals surface area contributed by atoms with Crippen molar-refractivity contribution in [2.24, 2.45) is 0 Å². The van der Waals surface area contributed by atoms with Crippen molar-refractivity contribution in [3.63, 3.8) is 0 Å². The van der Waals surface area contributed by atoms with E-state index in [-0.39, 0.29) is 0 Å². The van der Waals surface area contributed by atoms with Crippen LogP contribution in [-0.4, -0.2) is 16.3 Å². The van der Waals surface area contributed by atoms with E-state index in [1.165, 1.54) is 6.08 Å². The number of carbonyl (C=O) groups is 1. The van der Waals surface area contributed by atoms with Gasteiger partial charge in [0, 0.05) is 17.8 Å². The number of H-pyrrole nitrogens is 1. The van der Waals surface area contributed by atoms with Crippen LogP contribution in [0, 0.1) is 0 Å². The summed E-state index contributed by atoms with van der Waals surface area (Å²) in [7, 11) is 0.